The number of rotatable bonds is 7. The third kappa shape index (κ3) is 6.26. The summed E-state index contributed by atoms with van der Waals surface area (Å²) in [6, 6.07) is 22.0. The maximum absolute atomic E-state index is 13.8. The van der Waals surface area contributed by atoms with Crippen molar-refractivity contribution < 1.29 is 22.3 Å². The number of fused-ring (bicyclic) bond motifs is 1. The van der Waals surface area contributed by atoms with Crippen molar-refractivity contribution in [1.82, 2.24) is 9.21 Å². The van der Waals surface area contributed by atoms with Crippen molar-refractivity contribution in [3.8, 4) is 11.5 Å². The smallest absolute Gasteiger partial charge is 0.244 e. The minimum absolute atomic E-state index is 0.0664. The number of likely N-dealkylation sites (N-methyl/N-ethyl adjacent to an activating group) is 1. The molecule has 5 rings (SSSR count). The molecule has 1 unspecified atom stereocenters. The number of hydrogen-bond acceptors (Lipinski definition) is 4. The van der Waals surface area contributed by atoms with E-state index in [1.54, 1.807) is 38.2 Å². The maximum atomic E-state index is 13.8. The number of hydrogen-bond donors (Lipinski definition) is 0. The van der Waals surface area contributed by atoms with Gasteiger partial charge in [0.2, 0.25) is 15.9 Å². The minimum atomic E-state index is -4.01. The molecule has 1 heterocycles. The number of halogens is 3. The molecule has 0 saturated carbocycles. The summed E-state index contributed by atoms with van der Waals surface area (Å²) in [5.74, 6) is 0.261. The average molecular weight is 614 g/mol. The topological polar surface area (TPSA) is 66.9 Å². The van der Waals surface area contributed by atoms with Gasteiger partial charge in [-0.15, -0.1) is 0 Å². The largest absolute Gasteiger partial charge is 0.457 e. The highest BCUT2D eigenvalue weighted by molar-refractivity contribution is 7.89. The van der Waals surface area contributed by atoms with Gasteiger partial charge in [0.25, 0.3) is 0 Å². The van der Waals surface area contributed by atoms with E-state index in [0.717, 1.165) is 11.1 Å². The molecule has 0 N–H and O–H groups in total. The molecule has 0 fully saturated rings. The first-order valence-electron chi connectivity index (χ1n) is 12.8. The molecule has 1 amide bonds. The Kier molecular flexibility index (Phi) is 8.38. The number of amides is 1. The van der Waals surface area contributed by atoms with E-state index in [2.05, 4.69) is 0 Å². The first-order chi connectivity index (χ1) is 19.5. The quantitative estimate of drug-likeness (QED) is 0.225. The third-order valence-electron chi connectivity index (χ3n) is 7.08. The predicted octanol–water partition coefficient (Wildman–Crippen LogP) is 7.01. The second-order valence-corrected chi connectivity index (χ2v) is 12.7. The van der Waals surface area contributed by atoms with Crippen LogP contribution in [0.3, 0.4) is 0 Å². The second kappa shape index (κ2) is 11.8. The number of aryl methyl sites for hydroxylation is 1. The predicted molar refractivity (Wildman–Crippen MR) is 157 cm³/mol. The zero-order valence-electron chi connectivity index (χ0n) is 22.4. The summed E-state index contributed by atoms with van der Waals surface area (Å²) in [5.41, 5.74) is 2.90. The van der Waals surface area contributed by atoms with Crippen LogP contribution in [-0.4, -0.2) is 36.6 Å². The molecule has 1 aliphatic rings. The number of ether oxygens (including phenoxy) is 1. The van der Waals surface area contributed by atoms with Crippen LogP contribution in [0, 0.1) is 12.7 Å². The minimum Gasteiger partial charge on any atom is -0.457 e. The van der Waals surface area contributed by atoms with Gasteiger partial charge in [-0.2, -0.15) is 4.31 Å². The van der Waals surface area contributed by atoms with Gasteiger partial charge in [0.15, 0.2) is 0 Å². The molecule has 10 heteroatoms. The summed E-state index contributed by atoms with van der Waals surface area (Å²) in [6.45, 7) is 1.87. The Labute approximate surface area is 248 Å². The number of carbonyl (C=O) groups is 1. The summed E-state index contributed by atoms with van der Waals surface area (Å²) in [4.78, 5) is 15.4. The van der Waals surface area contributed by atoms with E-state index in [1.807, 2.05) is 24.3 Å². The van der Waals surface area contributed by atoms with Crippen molar-refractivity contribution >= 4 is 39.1 Å². The summed E-state index contributed by atoms with van der Waals surface area (Å²) >= 11 is 12.5. The van der Waals surface area contributed by atoms with Gasteiger partial charge < -0.3 is 9.64 Å². The van der Waals surface area contributed by atoms with E-state index in [9.17, 15) is 17.6 Å². The van der Waals surface area contributed by atoms with Gasteiger partial charge in [-0.05, 0) is 90.2 Å². The van der Waals surface area contributed by atoms with E-state index < -0.39 is 16.1 Å². The third-order valence-corrected chi connectivity index (χ3v) is 9.56. The first-order valence-corrected chi connectivity index (χ1v) is 15.0. The standard InChI is InChI=1S/C31H27Cl2FN2O4S/c1-20-15-25(11-14-29(20)34)40-26-10-7-23(28(33)17-26)18-35(2)31(37)30-16-21-5-3-4-6-22(21)19-36(30)41(38,39)27-12-8-24(32)9-13-27/h3-15,17,30H,16,18-19H2,1-2H3. The summed E-state index contributed by atoms with van der Waals surface area (Å²) in [5, 5.41) is 0.794. The molecule has 212 valence electrons. The molecule has 0 bridgehead atoms. The van der Waals surface area contributed by atoms with Crippen LogP contribution >= 0.6 is 23.2 Å². The normalized spacial score (nSPS) is 15.3. The molecular formula is C31H27Cl2FN2O4S. The molecule has 4 aromatic rings. The fourth-order valence-electron chi connectivity index (χ4n) is 4.83. The molecule has 6 nitrogen and oxygen atoms in total. The molecule has 41 heavy (non-hydrogen) atoms. The van der Waals surface area contributed by atoms with E-state index in [-0.39, 0.29) is 36.1 Å². The van der Waals surface area contributed by atoms with Gasteiger partial charge >= 0.3 is 0 Å². The Balaban J connectivity index is 1.37. The van der Waals surface area contributed by atoms with E-state index in [1.165, 1.54) is 45.6 Å². The van der Waals surface area contributed by atoms with Gasteiger partial charge in [0.1, 0.15) is 23.4 Å². The van der Waals surface area contributed by atoms with Crippen molar-refractivity contribution in [3.63, 3.8) is 0 Å². The molecular weight excluding hydrogens is 586 g/mol. The molecule has 0 aliphatic carbocycles. The highest BCUT2D eigenvalue weighted by atomic mass is 35.5. The van der Waals surface area contributed by atoms with Crippen LogP contribution in [0.15, 0.2) is 89.8 Å². The van der Waals surface area contributed by atoms with Crippen molar-refractivity contribution in [2.24, 2.45) is 0 Å². The van der Waals surface area contributed by atoms with Gasteiger partial charge in [-0.25, -0.2) is 12.8 Å². The Hall–Kier alpha value is -3.43. The number of carbonyl (C=O) groups excluding carboxylic acids is 1. The van der Waals surface area contributed by atoms with Gasteiger partial charge in [0.05, 0.1) is 4.90 Å². The fourth-order valence-corrected chi connectivity index (χ4v) is 6.74. The van der Waals surface area contributed by atoms with Gasteiger partial charge in [0, 0.05) is 30.2 Å². The van der Waals surface area contributed by atoms with Crippen molar-refractivity contribution in [2.45, 2.75) is 37.4 Å². The van der Waals surface area contributed by atoms with Gasteiger partial charge in [-0.1, -0.05) is 53.5 Å². The van der Waals surface area contributed by atoms with Crippen molar-refractivity contribution in [2.75, 3.05) is 7.05 Å². The maximum Gasteiger partial charge on any atom is 0.244 e. The fraction of sp³-hybridized carbons (Fsp3) is 0.194. The number of sulfonamides is 1. The SMILES string of the molecule is Cc1cc(Oc2ccc(CN(C)C(=O)C3Cc4ccccc4CN3S(=O)(=O)c3ccc(Cl)cc3)c(Cl)c2)ccc1F. The molecule has 1 aliphatic heterocycles. The van der Waals surface area contributed by atoms with Crippen molar-refractivity contribution in [1.29, 1.82) is 0 Å². The summed E-state index contributed by atoms with van der Waals surface area (Å²) in [6.07, 6.45) is 0.240. The summed E-state index contributed by atoms with van der Waals surface area (Å²) < 4.78 is 48.2. The lowest BCUT2D eigenvalue weighted by Gasteiger charge is -2.37. The number of benzene rings is 4. The Morgan fingerprint density at radius 3 is 2.32 bits per heavy atom. The van der Waals surface area contributed by atoms with E-state index in [0.29, 0.717) is 32.7 Å². The van der Waals surface area contributed by atoms with Crippen LogP contribution in [0.1, 0.15) is 22.3 Å². The molecule has 4 aromatic carbocycles. The first kappa shape index (κ1) is 29.1. The lowest BCUT2D eigenvalue weighted by Crippen LogP contribution is -2.52. The van der Waals surface area contributed by atoms with Crippen LogP contribution < -0.4 is 4.74 Å². The van der Waals surface area contributed by atoms with Crippen LogP contribution in [0.2, 0.25) is 10.0 Å². The zero-order valence-corrected chi connectivity index (χ0v) is 24.7. The highest BCUT2D eigenvalue weighted by Gasteiger charge is 2.40. The molecule has 0 saturated heterocycles. The van der Waals surface area contributed by atoms with Crippen LogP contribution in [0.25, 0.3) is 0 Å². The lowest BCUT2D eigenvalue weighted by molar-refractivity contribution is -0.135. The van der Waals surface area contributed by atoms with Crippen LogP contribution in [0.4, 0.5) is 4.39 Å². The molecule has 0 spiro atoms. The Bertz CT molecular complexity index is 1710. The van der Waals surface area contributed by atoms with Crippen LogP contribution in [0.5, 0.6) is 11.5 Å². The van der Waals surface area contributed by atoms with E-state index in [4.69, 9.17) is 27.9 Å². The Morgan fingerprint density at radius 2 is 1.63 bits per heavy atom. The lowest BCUT2D eigenvalue weighted by atomic mass is 9.95. The monoisotopic (exact) mass is 612 g/mol. The zero-order chi connectivity index (χ0) is 29.3. The van der Waals surface area contributed by atoms with E-state index >= 15 is 0 Å². The Morgan fingerprint density at radius 1 is 0.976 bits per heavy atom. The average Bonchev–Trinajstić information content (AvgIpc) is 2.95. The number of nitrogens with zero attached hydrogens (tertiary/aromatic N) is 2. The van der Waals surface area contributed by atoms with Crippen LogP contribution in [-0.2, 0) is 34.3 Å². The second-order valence-electron chi connectivity index (χ2n) is 9.95. The molecule has 1 atom stereocenters. The van der Waals surface area contributed by atoms with Crippen molar-refractivity contribution in [3.05, 3.63) is 123 Å². The summed E-state index contributed by atoms with van der Waals surface area (Å²) in [7, 11) is -2.39. The molecule has 0 aromatic heterocycles. The molecule has 0 radical (unpaired) electrons. The van der Waals surface area contributed by atoms with Gasteiger partial charge in [-0.3, -0.25) is 4.79 Å². The highest BCUT2D eigenvalue weighted by Crippen LogP contribution is 2.32.